The minimum absolute atomic E-state index is 0.444. The highest BCUT2D eigenvalue weighted by atomic mass is 35.5. The monoisotopic (exact) mass is 259 g/mol. The Morgan fingerprint density at radius 1 is 1.11 bits per heavy atom. The van der Waals surface area contributed by atoms with Gasteiger partial charge in [-0.15, -0.1) is 0 Å². The third-order valence-electron chi connectivity index (χ3n) is 2.60. The second kappa shape index (κ2) is 6.22. The van der Waals surface area contributed by atoms with Crippen LogP contribution in [0.3, 0.4) is 0 Å². The third-order valence-corrected chi connectivity index (χ3v) is 2.85. The van der Waals surface area contributed by atoms with Crippen molar-refractivity contribution in [3.63, 3.8) is 0 Å². The van der Waals surface area contributed by atoms with Crippen molar-refractivity contribution < 1.29 is 4.84 Å². The second-order valence-electron chi connectivity index (χ2n) is 3.99. The molecule has 0 saturated carbocycles. The van der Waals surface area contributed by atoms with E-state index in [1.54, 1.807) is 6.21 Å². The molecule has 2 nitrogen and oxygen atoms in total. The van der Waals surface area contributed by atoms with E-state index in [1.165, 1.54) is 5.56 Å². The Hall–Kier alpha value is -1.80. The topological polar surface area (TPSA) is 21.6 Å². The van der Waals surface area contributed by atoms with E-state index < -0.39 is 0 Å². The van der Waals surface area contributed by atoms with Crippen LogP contribution in [0.4, 0.5) is 0 Å². The number of benzene rings is 2. The Balaban J connectivity index is 1.89. The highest BCUT2D eigenvalue weighted by molar-refractivity contribution is 6.30. The first kappa shape index (κ1) is 12.7. The maximum atomic E-state index is 5.80. The maximum absolute atomic E-state index is 5.80. The normalized spacial score (nSPS) is 10.8. The van der Waals surface area contributed by atoms with Crippen LogP contribution in [0.5, 0.6) is 0 Å². The Labute approximate surface area is 112 Å². The van der Waals surface area contributed by atoms with Crippen LogP contribution in [0.1, 0.15) is 16.7 Å². The van der Waals surface area contributed by atoms with Crippen LogP contribution in [0, 0.1) is 6.92 Å². The lowest BCUT2D eigenvalue weighted by Crippen LogP contribution is -1.89. The predicted octanol–water partition coefficient (Wildman–Crippen LogP) is 4.20. The van der Waals surface area contributed by atoms with Crippen molar-refractivity contribution in [3.05, 3.63) is 70.2 Å². The third kappa shape index (κ3) is 3.60. The summed E-state index contributed by atoms with van der Waals surface area (Å²) in [6.07, 6.45) is 1.73. The summed E-state index contributed by atoms with van der Waals surface area (Å²) in [4.78, 5) is 5.24. The summed E-state index contributed by atoms with van der Waals surface area (Å²) in [5, 5.41) is 4.69. The van der Waals surface area contributed by atoms with Crippen molar-refractivity contribution >= 4 is 17.8 Å². The van der Waals surface area contributed by atoms with Gasteiger partial charge in [-0.2, -0.15) is 0 Å². The van der Waals surface area contributed by atoms with E-state index >= 15 is 0 Å². The highest BCUT2D eigenvalue weighted by Crippen LogP contribution is 2.10. The molecule has 0 aliphatic rings. The summed E-state index contributed by atoms with van der Waals surface area (Å²) in [5.41, 5.74) is 3.28. The summed E-state index contributed by atoms with van der Waals surface area (Å²) in [5.74, 6) is 0. The molecule has 0 amide bonds. The van der Waals surface area contributed by atoms with Gasteiger partial charge in [-0.1, -0.05) is 53.2 Å². The molecule has 0 unspecified atom stereocenters. The molecule has 0 saturated heterocycles. The smallest absolute Gasteiger partial charge is 0.142 e. The van der Waals surface area contributed by atoms with E-state index in [2.05, 4.69) is 5.16 Å². The fourth-order valence-corrected chi connectivity index (χ4v) is 1.64. The molecule has 0 aliphatic heterocycles. The van der Waals surface area contributed by atoms with Crippen molar-refractivity contribution in [3.8, 4) is 0 Å². The Kier molecular flexibility index (Phi) is 4.37. The van der Waals surface area contributed by atoms with Gasteiger partial charge in [0.1, 0.15) is 6.61 Å². The fourth-order valence-electron chi connectivity index (χ4n) is 1.52. The van der Waals surface area contributed by atoms with E-state index in [4.69, 9.17) is 16.4 Å². The number of hydrogen-bond acceptors (Lipinski definition) is 2. The van der Waals surface area contributed by atoms with Gasteiger partial charge in [-0.05, 0) is 35.7 Å². The van der Waals surface area contributed by atoms with E-state index in [0.717, 1.165) is 16.1 Å². The van der Waals surface area contributed by atoms with Crippen molar-refractivity contribution in [2.75, 3.05) is 0 Å². The summed E-state index contributed by atoms with van der Waals surface area (Å²) in [6, 6.07) is 15.5. The van der Waals surface area contributed by atoms with Crippen LogP contribution < -0.4 is 0 Å². The average Bonchev–Trinajstić information content (AvgIpc) is 2.39. The summed E-state index contributed by atoms with van der Waals surface area (Å²) >= 11 is 5.80. The van der Waals surface area contributed by atoms with E-state index in [9.17, 15) is 0 Å². The average molecular weight is 260 g/mol. The van der Waals surface area contributed by atoms with Gasteiger partial charge in [0.05, 0.1) is 6.21 Å². The number of halogens is 1. The van der Waals surface area contributed by atoms with Crippen molar-refractivity contribution in [2.24, 2.45) is 5.16 Å². The summed E-state index contributed by atoms with van der Waals surface area (Å²) in [7, 11) is 0. The van der Waals surface area contributed by atoms with Crippen LogP contribution in [0.2, 0.25) is 5.02 Å². The Morgan fingerprint density at radius 3 is 2.56 bits per heavy atom. The molecular formula is C15H14ClNO. The van der Waals surface area contributed by atoms with E-state index in [1.807, 2.05) is 55.5 Å². The van der Waals surface area contributed by atoms with Gasteiger partial charge in [0.25, 0.3) is 0 Å². The van der Waals surface area contributed by atoms with Gasteiger partial charge >= 0.3 is 0 Å². The number of hydrogen-bond donors (Lipinski definition) is 0. The van der Waals surface area contributed by atoms with Crippen molar-refractivity contribution in [1.29, 1.82) is 0 Å². The molecule has 2 aromatic carbocycles. The fraction of sp³-hybridized carbons (Fsp3) is 0.133. The largest absolute Gasteiger partial charge is 0.391 e. The minimum Gasteiger partial charge on any atom is -0.391 e. The molecule has 0 spiro atoms. The quantitative estimate of drug-likeness (QED) is 0.596. The Morgan fingerprint density at radius 2 is 1.83 bits per heavy atom. The zero-order valence-corrected chi connectivity index (χ0v) is 10.9. The molecule has 0 radical (unpaired) electrons. The number of nitrogens with zero attached hydrogens (tertiary/aromatic N) is 1. The van der Waals surface area contributed by atoms with Crippen LogP contribution in [0.15, 0.2) is 53.7 Å². The van der Waals surface area contributed by atoms with Crippen LogP contribution in [-0.2, 0) is 11.4 Å². The standard InChI is InChI=1S/C15H14ClNO/c1-12-4-2-3-5-14(12)10-17-18-11-13-6-8-15(16)9-7-13/h2-10H,11H2,1H3. The van der Waals surface area contributed by atoms with Crippen LogP contribution in [0.25, 0.3) is 0 Å². The molecule has 3 heteroatoms. The summed E-state index contributed by atoms with van der Waals surface area (Å²) in [6.45, 7) is 2.49. The molecular weight excluding hydrogens is 246 g/mol. The molecule has 18 heavy (non-hydrogen) atoms. The lowest BCUT2D eigenvalue weighted by molar-refractivity contribution is 0.132. The van der Waals surface area contributed by atoms with Gasteiger partial charge < -0.3 is 4.84 Å². The van der Waals surface area contributed by atoms with Crippen LogP contribution in [-0.4, -0.2) is 6.21 Å². The van der Waals surface area contributed by atoms with Gasteiger partial charge in [-0.3, -0.25) is 0 Å². The molecule has 2 aromatic rings. The Bertz CT molecular complexity index is 534. The molecule has 0 atom stereocenters. The molecule has 0 bridgehead atoms. The first-order valence-electron chi connectivity index (χ1n) is 5.71. The van der Waals surface area contributed by atoms with Gasteiger partial charge in [0.15, 0.2) is 0 Å². The number of oxime groups is 1. The van der Waals surface area contributed by atoms with Gasteiger partial charge in [-0.25, -0.2) is 0 Å². The molecule has 0 fully saturated rings. The zero-order valence-electron chi connectivity index (χ0n) is 10.1. The molecule has 92 valence electrons. The van der Waals surface area contributed by atoms with Crippen molar-refractivity contribution in [1.82, 2.24) is 0 Å². The number of rotatable bonds is 4. The lowest BCUT2D eigenvalue weighted by atomic mass is 10.1. The number of aryl methyl sites for hydroxylation is 1. The first-order valence-corrected chi connectivity index (χ1v) is 6.09. The summed E-state index contributed by atoms with van der Waals surface area (Å²) < 4.78 is 0. The SMILES string of the molecule is Cc1ccccc1C=NOCc1ccc(Cl)cc1. The van der Waals surface area contributed by atoms with Crippen molar-refractivity contribution in [2.45, 2.75) is 13.5 Å². The minimum atomic E-state index is 0.444. The molecule has 2 rings (SSSR count). The van der Waals surface area contributed by atoms with Gasteiger partial charge in [0.2, 0.25) is 0 Å². The zero-order chi connectivity index (χ0) is 12.8. The molecule has 0 heterocycles. The second-order valence-corrected chi connectivity index (χ2v) is 4.43. The molecule has 0 aliphatic carbocycles. The first-order chi connectivity index (χ1) is 8.75. The molecule has 0 N–H and O–H groups in total. The maximum Gasteiger partial charge on any atom is 0.142 e. The van der Waals surface area contributed by atoms with E-state index in [-0.39, 0.29) is 0 Å². The molecule has 0 aromatic heterocycles. The predicted molar refractivity (Wildman–Crippen MR) is 75.0 cm³/mol. The highest BCUT2D eigenvalue weighted by Gasteiger charge is 1.94. The lowest BCUT2D eigenvalue weighted by Gasteiger charge is -2.01. The van der Waals surface area contributed by atoms with Crippen LogP contribution >= 0.6 is 11.6 Å². The van der Waals surface area contributed by atoms with E-state index in [0.29, 0.717) is 6.61 Å². The van der Waals surface area contributed by atoms with Gasteiger partial charge in [0, 0.05) is 5.02 Å².